The Bertz CT molecular complexity index is 446. The maximum atomic E-state index is 9.05. The van der Waals surface area contributed by atoms with Crippen molar-refractivity contribution in [2.24, 2.45) is 5.41 Å². The summed E-state index contributed by atoms with van der Waals surface area (Å²) in [5.74, 6) is 1.94. The monoisotopic (exact) mass is 297 g/mol. The molecule has 0 radical (unpaired) electrons. The Labute approximate surface area is 127 Å². The summed E-state index contributed by atoms with van der Waals surface area (Å²) in [5, 5.41) is 12.5. The van der Waals surface area contributed by atoms with Crippen molar-refractivity contribution in [3.05, 3.63) is 17.7 Å². The van der Waals surface area contributed by atoms with E-state index in [2.05, 4.69) is 19.2 Å². The minimum atomic E-state index is 0.0541. The van der Waals surface area contributed by atoms with E-state index in [1.165, 1.54) is 0 Å². The van der Waals surface area contributed by atoms with Gasteiger partial charge >= 0.3 is 0 Å². The SMILES string of the molecule is COc1ccc(CNCC(C)(C)CCO)c(OC)c1OC. The molecule has 0 aromatic heterocycles. The van der Waals surface area contributed by atoms with E-state index in [1.807, 2.05) is 12.1 Å². The molecule has 21 heavy (non-hydrogen) atoms. The van der Waals surface area contributed by atoms with E-state index in [0.717, 1.165) is 18.5 Å². The van der Waals surface area contributed by atoms with Crippen molar-refractivity contribution in [2.45, 2.75) is 26.8 Å². The molecule has 0 saturated carbocycles. The number of aliphatic hydroxyl groups is 1. The lowest BCUT2D eigenvalue weighted by molar-refractivity contribution is 0.207. The predicted octanol–water partition coefficient (Wildman–Crippen LogP) is 2.21. The number of methoxy groups -OCH3 is 3. The predicted molar refractivity (Wildman–Crippen MR) is 83.3 cm³/mol. The van der Waals surface area contributed by atoms with Gasteiger partial charge < -0.3 is 24.6 Å². The molecule has 0 fully saturated rings. The molecule has 0 aliphatic rings. The molecule has 0 saturated heterocycles. The molecule has 0 spiro atoms. The molecule has 0 aliphatic carbocycles. The fourth-order valence-electron chi connectivity index (χ4n) is 2.23. The van der Waals surface area contributed by atoms with Crippen LogP contribution in [-0.4, -0.2) is 39.6 Å². The fraction of sp³-hybridized carbons (Fsp3) is 0.625. The van der Waals surface area contributed by atoms with Crippen LogP contribution in [0.3, 0.4) is 0 Å². The molecule has 1 aromatic rings. The van der Waals surface area contributed by atoms with Crippen molar-refractivity contribution in [2.75, 3.05) is 34.5 Å². The van der Waals surface area contributed by atoms with Gasteiger partial charge in [-0.15, -0.1) is 0 Å². The standard InChI is InChI=1S/C16H27NO4/c1-16(2,8-9-18)11-17-10-12-6-7-13(19-3)15(21-5)14(12)20-4/h6-7,17-18H,8-11H2,1-5H3. The summed E-state index contributed by atoms with van der Waals surface area (Å²) < 4.78 is 16.1. The van der Waals surface area contributed by atoms with E-state index >= 15 is 0 Å². The van der Waals surface area contributed by atoms with Gasteiger partial charge in [0.05, 0.1) is 21.3 Å². The lowest BCUT2D eigenvalue weighted by Gasteiger charge is -2.24. The number of nitrogens with one attached hydrogen (secondary N) is 1. The van der Waals surface area contributed by atoms with Gasteiger partial charge in [-0.2, -0.15) is 0 Å². The van der Waals surface area contributed by atoms with Crippen LogP contribution in [0, 0.1) is 5.41 Å². The molecular weight excluding hydrogens is 270 g/mol. The van der Waals surface area contributed by atoms with Crippen molar-refractivity contribution in [3.8, 4) is 17.2 Å². The van der Waals surface area contributed by atoms with E-state index < -0.39 is 0 Å². The van der Waals surface area contributed by atoms with Crippen molar-refractivity contribution >= 4 is 0 Å². The highest BCUT2D eigenvalue weighted by atomic mass is 16.5. The first-order chi connectivity index (χ1) is 9.99. The first-order valence-electron chi connectivity index (χ1n) is 7.08. The number of hydrogen-bond donors (Lipinski definition) is 2. The van der Waals surface area contributed by atoms with E-state index in [-0.39, 0.29) is 12.0 Å². The Kier molecular flexibility index (Phi) is 6.78. The van der Waals surface area contributed by atoms with Crippen molar-refractivity contribution in [1.82, 2.24) is 5.32 Å². The van der Waals surface area contributed by atoms with Crippen molar-refractivity contribution in [3.63, 3.8) is 0 Å². The molecule has 1 aromatic carbocycles. The molecular formula is C16H27NO4. The minimum Gasteiger partial charge on any atom is -0.493 e. The van der Waals surface area contributed by atoms with Gasteiger partial charge in [0.25, 0.3) is 0 Å². The van der Waals surface area contributed by atoms with Gasteiger partial charge in [0.15, 0.2) is 11.5 Å². The summed E-state index contributed by atoms with van der Waals surface area (Å²) in [6.45, 7) is 5.93. The summed E-state index contributed by atoms with van der Waals surface area (Å²) >= 11 is 0. The van der Waals surface area contributed by atoms with Crippen LogP contribution in [0.2, 0.25) is 0 Å². The smallest absolute Gasteiger partial charge is 0.203 e. The lowest BCUT2D eigenvalue weighted by atomic mass is 9.90. The van der Waals surface area contributed by atoms with Gasteiger partial charge in [-0.05, 0) is 17.9 Å². The maximum Gasteiger partial charge on any atom is 0.203 e. The van der Waals surface area contributed by atoms with Crippen LogP contribution in [-0.2, 0) is 6.54 Å². The van der Waals surface area contributed by atoms with Gasteiger partial charge in [-0.1, -0.05) is 19.9 Å². The minimum absolute atomic E-state index is 0.0541. The molecule has 5 heteroatoms. The van der Waals surface area contributed by atoms with Crippen molar-refractivity contribution < 1.29 is 19.3 Å². The third kappa shape index (κ3) is 4.79. The highest BCUT2D eigenvalue weighted by molar-refractivity contribution is 5.55. The zero-order chi connectivity index (χ0) is 15.9. The third-order valence-corrected chi connectivity index (χ3v) is 3.49. The summed E-state index contributed by atoms with van der Waals surface area (Å²) in [7, 11) is 4.82. The zero-order valence-corrected chi connectivity index (χ0v) is 13.7. The van der Waals surface area contributed by atoms with E-state index in [1.54, 1.807) is 21.3 Å². The molecule has 0 heterocycles. The maximum absolute atomic E-state index is 9.05. The normalized spacial score (nSPS) is 11.3. The number of rotatable bonds is 9. The number of ether oxygens (including phenoxy) is 3. The Morgan fingerprint density at radius 3 is 2.24 bits per heavy atom. The van der Waals surface area contributed by atoms with E-state index in [0.29, 0.717) is 23.8 Å². The molecule has 0 amide bonds. The lowest BCUT2D eigenvalue weighted by Crippen LogP contribution is -2.30. The van der Waals surface area contributed by atoms with Gasteiger partial charge in [0.2, 0.25) is 5.75 Å². The van der Waals surface area contributed by atoms with Crippen LogP contribution in [0.25, 0.3) is 0 Å². The van der Waals surface area contributed by atoms with E-state index in [9.17, 15) is 0 Å². The van der Waals surface area contributed by atoms with Crippen LogP contribution >= 0.6 is 0 Å². The highest BCUT2D eigenvalue weighted by Crippen LogP contribution is 2.39. The Hall–Kier alpha value is -1.46. The average molecular weight is 297 g/mol. The van der Waals surface area contributed by atoms with Gasteiger partial charge in [0, 0.05) is 25.3 Å². The second-order valence-corrected chi connectivity index (χ2v) is 5.73. The number of aliphatic hydroxyl groups excluding tert-OH is 1. The molecule has 0 atom stereocenters. The van der Waals surface area contributed by atoms with Gasteiger partial charge in [-0.3, -0.25) is 0 Å². The second kappa shape index (κ2) is 8.10. The fourth-order valence-corrected chi connectivity index (χ4v) is 2.23. The third-order valence-electron chi connectivity index (χ3n) is 3.49. The second-order valence-electron chi connectivity index (χ2n) is 5.73. The summed E-state index contributed by atoms with van der Waals surface area (Å²) in [4.78, 5) is 0. The largest absolute Gasteiger partial charge is 0.493 e. The number of benzene rings is 1. The molecule has 120 valence electrons. The van der Waals surface area contributed by atoms with Gasteiger partial charge in [0.1, 0.15) is 0 Å². The first-order valence-corrected chi connectivity index (χ1v) is 7.08. The summed E-state index contributed by atoms with van der Waals surface area (Å²) in [6, 6.07) is 3.84. The zero-order valence-electron chi connectivity index (χ0n) is 13.7. The van der Waals surface area contributed by atoms with Crippen LogP contribution in [0.1, 0.15) is 25.8 Å². The van der Waals surface area contributed by atoms with E-state index in [4.69, 9.17) is 19.3 Å². The summed E-state index contributed by atoms with van der Waals surface area (Å²) in [5.41, 5.74) is 1.06. The van der Waals surface area contributed by atoms with Crippen LogP contribution in [0.15, 0.2) is 12.1 Å². The Morgan fingerprint density at radius 2 is 1.71 bits per heavy atom. The number of hydrogen-bond acceptors (Lipinski definition) is 5. The summed E-state index contributed by atoms with van der Waals surface area (Å²) in [6.07, 6.45) is 0.767. The topological polar surface area (TPSA) is 60.0 Å². The molecule has 5 nitrogen and oxygen atoms in total. The van der Waals surface area contributed by atoms with Crippen LogP contribution in [0.4, 0.5) is 0 Å². The van der Waals surface area contributed by atoms with Crippen molar-refractivity contribution in [1.29, 1.82) is 0 Å². The van der Waals surface area contributed by atoms with Gasteiger partial charge in [-0.25, -0.2) is 0 Å². The molecule has 0 unspecified atom stereocenters. The molecule has 2 N–H and O–H groups in total. The Morgan fingerprint density at radius 1 is 1.05 bits per heavy atom. The van der Waals surface area contributed by atoms with Crippen LogP contribution in [0.5, 0.6) is 17.2 Å². The average Bonchev–Trinajstić information content (AvgIpc) is 2.46. The Balaban J connectivity index is 2.80. The molecule has 0 bridgehead atoms. The molecule has 1 rings (SSSR count). The van der Waals surface area contributed by atoms with Crippen LogP contribution < -0.4 is 19.5 Å². The molecule has 0 aliphatic heterocycles. The first kappa shape index (κ1) is 17.6. The highest BCUT2D eigenvalue weighted by Gasteiger charge is 2.18. The quantitative estimate of drug-likeness (QED) is 0.732.